The van der Waals surface area contributed by atoms with Crippen LogP contribution in [0.4, 0.5) is 4.39 Å². The minimum absolute atomic E-state index is 0.162. The highest BCUT2D eigenvalue weighted by Gasteiger charge is 2.24. The molecule has 0 N–H and O–H groups in total. The fraction of sp³-hybridized carbons (Fsp3) is 0.571. The van der Waals surface area contributed by atoms with Gasteiger partial charge < -0.3 is 0 Å². The molecule has 1 aromatic carbocycles. The Morgan fingerprint density at radius 2 is 1.94 bits per heavy atom. The first-order valence-electron chi connectivity index (χ1n) is 6.34. The van der Waals surface area contributed by atoms with Gasteiger partial charge in [0.05, 0.1) is 0 Å². The third-order valence-corrected chi connectivity index (χ3v) is 3.74. The molecule has 1 saturated carbocycles. The number of nitrogens with zero attached hydrogens (tertiary/aromatic N) is 1. The molecule has 0 saturated heterocycles. The molecule has 0 heterocycles. The van der Waals surface area contributed by atoms with Crippen LogP contribution in [-0.2, 0) is 6.54 Å². The van der Waals surface area contributed by atoms with Crippen molar-refractivity contribution in [2.24, 2.45) is 0 Å². The Bertz CT molecular complexity index is 335. The summed E-state index contributed by atoms with van der Waals surface area (Å²) in [6, 6.07) is 7.54. The molecule has 2 rings (SSSR count). The fourth-order valence-electron chi connectivity index (χ4n) is 2.23. The zero-order valence-corrected chi connectivity index (χ0v) is 10.8. The van der Waals surface area contributed by atoms with E-state index in [1.54, 1.807) is 0 Å². The molecule has 0 amide bonds. The summed E-state index contributed by atoms with van der Waals surface area (Å²) < 4.78 is 12.8. The Hall–Kier alpha value is -0.600. The minimum atomic E-state index is -0.162. The number of hydrogen-bond donors (Lipinski definition) is 0. The summed E-state index contributed by atoms with van der Waals surface area (Å²) >= 11 is 5.76. The molecule has 3 heteroatoms. The number of hydrogen-bond acceptors (Lipinski definition) is 1. The van der Waals surface area contributed by atoms with Crippen LogP contribution in [0.25, 0.3) is 0 Å². The van der Waals surface area contributed by atoms with Crippen LogP contribution in [0.5, 0.6) is 0 Å². The van der Waals surface area contributed by atoms with E-state index in [0.717, 1.165) is 19.5 Å². The van der Waals surface area contributed by atoms with E-state index in [1.165, 1.54) is 37.0 Å². The molecule has 1 aliphatic rings. The van der Waals surface area contributed by atoms with Crippen LogP contribution >= 0.6 is 11.6 Å². The predicted octanol–water partition coefficient (Wildman–Crippen LogP) is 3.81. The Balaban J connectivity index is 1.93. The molecule has 0 atom stereocenters. The van der Waals surface area contributed by atoms with Crippen LogP contribution < -0.4 is 0 Å². The van der Waals surface area contributed by atoms with E-state index in [1.807, 2.05) is 12.1 Å². The lowest BCUT2D eigenvalue weighted by Gasteiger charge is -2.37. The average molecular weight is 256 g/mol. The zero-order chi connectivity index (χ0) is 12.1. The van der Waals surface area contributed by atoms with Crippen LogP contribution in [-0.4, -0.2) is 23.4 Å². The van der Waals surface area contributed by atoms with Crippen molar-refractivity contribution in [3.8, 4) is 0 Å². The lowest BCUT2D eigenvalue weighted by Crippen LogP contribution is -2.40. The Morgan fingerprint density at radius 3 is 2.47 bits per heavy atom. The van der Waals surface area contributed by atoms with Gasteiger partial charge in [-0.1, -0.05) is 18.6 Å². The van der Waals surface area contributed by atoms with Gasteiger partial charge in [-0.2, -0.15) is 0 Å². The van der Waals surface area contributed by atoms with Crippen LogP contribution in [0.3, 0.4) is 0 Å². The summed E-state index contributed by atoms with van der Waals surface area (Å²) in [4.78, 5) is 2.49. The van der Waals surface area contributed by atoms with Crippen molar-refractivity contribution in [2.75, 3.05) is 12.4 Å². The van der Waals surface area contributed by atoms with Crippen LogP contribution in [0, 0.1) is 5.82 Å². The number of halogens is 2. The van der Waals surface area contributed by atoms with Gasteiger partial charge in [0, 0.05) is 18.5 Å². The van der Waals surface area contributed by atoms with Crippen molar-refractivity contribution < 1.29 is 4.39 Å². The molecule has 1 fully saturated rings. The van der Waals surface area contributed by atoms with E-state index < -0.39 is 0 Å². The van der Waals surface area contributed by atoms with Gasteiger partial charge in [-0.15, -0.1) is 11.6 Å². The molecular weight excluding hydrogens is 237 g/mol. The first kappa shape index (κ1) is 12.8. The molecule has 0 spiro atoms. The Labute approximate surface area is 108 Å². The first-order valence-corrected chi connectivity index (χ1v) is 6.87. The van der Waals surface area contributed by atoms with Crippen LogP contribution in [0.2, 0.25) is 0 Å². The van der Waals surface area contributed by atoms with Crippen LogP contribution in [0.1, 0.15) is 31.2 Å². The SMILES string of the molecule is Fc1ccc(CN(CCCCl)C2CCC2)cc1. The van der Waals surface area contributed by atoms with Crippen molar-refractivity contribution in [3.63, 3.8) is 0 Å². The molecule has 0 bridgehead atoms. The molecule has 94 valence electrons. The van der Waals surface area contributed by atoms with E-state index in [2.05, 4.69) is 4.90 Å². The monoisotopic (exact) mass is 255 g/mol. The summed E-state index contributed by atoms with van der Waals surface area (Å²) in [6.07, 6.45) is 4.96. The molecule has 0 aliphatic heterocycles. The minimum Gasteiger partial charge on any atom is -0.296 e. The van der Waals surface area contributed by atoms with Gasteiger partial charge in [0.2, 0.25) is 0 Å². The van der Waals surface area contributed by atoms with Gasteiger partial charge >= 0.3 is 0 Å². The number of benzene rings is 1. The third-order valence-electron chi connectivity index (χ3n) is 3.47. The maximum atomic E-state index is 12.8. The zero-order valence-electron chi connectivity index (χ0n) is 10.0. The van der Waals surface area contributed by atoms with Crippen LogP contribution in [0.15, 0.2) is 24.3 Å². The summed E-state index contributed by atoms with van der Waals surface area (Å²) in [6.45, 7) is 1.97. The van der Waals surface area contributed by atoms with Crippen molar-refractivity contribution in [1.82, 2.24) is 4.90 Å². The van der Waals surface area contributed by atoms with E-state index in [4.69, 9.17) is 11.6 Å². The molecule has 1 aliphatic carbocycles. The van der Waals surface area contributed by atoms with Gasteiger partial charge in [-0.3, -0.25) is 4.90 Å². The lowest BCUT2D eigenvalue weighted by atomic mass is 9.91. The fourth-order valence-corrected chi connectivity index (χ4v) is 2.35. The summed E-state index contributed by atoms with van der Waals surface area (Å²) in [5, 5.41) is 0. The normalized spacial score (nSPS) is 16.2. The average Bonchev–Trinajstić information content (AvgIpc) is 2.26. The number of alkyl halides is 1. The summed E-state index contributed by atoms with van der Waals surface area (Å²) in [5.41, 5.74) is 1.19. The Kier molecular flexibility index (Phi) is 4.81. The molecular formula is C14H19ClFN. The van der Waals surface area contributed by atoms with E-state index in [0.29, 0.717) is 11.9 Å². The Morgan fingerprint density at radius 1 is 1.24 bits per heavy atom. The highest BCUT2D eigenvalue weighted by Crippen LogP contribution is 2.26. The van der Waals surface area contributed by atoms with Crippen molar-refractivity contribution >= 4 is 11.6 Å². The lowest BCUT2D eigenvalue weighted by molar-refractivity contribution is 0.120. The van der Waals surface area contributed by atoms with E-state index >= 15 is 0 Å². The molecule has 0 aromatic heterocycles. The van der Waals surface area contributed by atoms with E-state index in [9.17, 15) is 4.39 Å². The van der Waals surface area contributed by atoms with Gasteiger partial charge in [0.1, 0.15) is 5.82 Å². The molecule has 1 nitrogen and oxygen atoms in total. The van der Waals surface area contributed by atoms with Gasteiger partial charge in [-0.25, -0.2) is 4.39 Å². The summed E-state index contributed by atoms with van der Waals surface area (Å²) in [7, 11) is 0. The molecule has 1 aromatic rings. The highest BCUT2D eigenvalue weighted by molar-refractivity contribution is 6.17. The summed E-state index contributed by atoms with van der Waals surface area (Å²) in [5.74, 6) is 0.553. The highest BCUT2D eigenvalue weighted by atomic mass is 35.5. The number of rotatable bonds is 6. The maximum absolute atomic E-state index is 12.8. The predicted molar refractivity (Wildman–Crippen MR) is 69.8 cm³/mol. The second-order valence-corrected chi connectivity index (χ2v) is 5.10. The first-order chi connectivity index (χ1) is 8.29. The van der Waals surface area contributed by atoms with Gasteiger partial charge in [0.15, 0.2) is 0 Å². The second kappa shape index (κ2) is 6.36. The topological polar surface area (TPSA) is 3.24 Å². The van der Waals surface area contributed by atoms with Crippen molar-refractivity contribution in [1.29, 1.82) is 0 Å². The van der Waals surface area contributed by atoms with Gasteiger partial charge in [0.25, 0.3) is 0 Å². The van der Waals surface area contributed by atoms with E-state index in [-0.39, 0.29) is 5.82 Å². The van der Waals surface area contributed by atoms with Gasteiger partial charge in [-0.05, 0) is 43.5 Å². The second-order valence-electron chi connectivity index (χ2n) is 4.72. The molecule has 17 heavy (non-hydrogen) atoms. The smallest absolute Gasteiger partial charge is 0.123 e. The third kappa shape index (κ3) is 3.68. The maximum Gasteiger partial charge on any atom is 0.123 e. The standard InChI is InChI=1S/C14H19ClFN/c15-9-2-10-17(14-3-1-4-14)11-12-5-7-13(16)8-6-12/h5-8,14H,1-4,9-11H2. The largest absolute Gasteiger partial charge is 0.296 e. The molecule has 0 radical (unpaired) electrons. The van der Waals surface area contributed by atoms with Crippen molar-refractivity contribution in [3.05, 3.63) is 35.6 Å². The molecule has 0 unspecified atom stereocenters. The quantitative estimate of drug-likeness (QED) is 0.699. The van der Waals surface area contributed by atoms with Crippen molar-refractivity contribution in [2.45, 2.75) is 38.3 Å².